The standard InChI is InChI=1S/C14H20N2O/c1-2-14(17)15-13-8-9-16(11-13)10-12-6-4-3-5-7-12/h3-7,13H,2,8-11H2,1H3,(H,15,17)/t13-/m1/s1. The Hall–Kier alpha value is -1.35. The van der Waals surface area contributed by atoms with Gasteiger partial charge < -0.3 is 5.32 Å². The number of nitrogens with zero attached hydrogens (tertiary/aromatic N) is 1. The maximum absolute atomic E-state index is 11.3. The zero-order valence-electron chi connectivity index (χ0n) is 10.4. The molecule has 0 radical (unpaired) electrons. The summed E-state index contributed by atoms with van der Waals surface area (Å²) in [4.78, 5) is 13.7. The third kappa shape index (κ3) is 3.56. The number of benzene rings is 1. The van der Waals surface area contributed by atoms with Crippen LogP contribution in [0.4, 0.5) is 0 Å². The van der Waals surface area contributed by atoms with Gasteiger partial charge in [-0.25, -0.2) is 0 Å². The molecule has 1 N–H and O–H groups in total. The molecule has 0 aliphatic carbocycles. The topological polar surface area (TPSA) is 32.3 Å². The second-order valence-corrected chi connectivity index (χ2v) is 4.63. The predicted molar refractivity (Wildman–Crippen MR) is 68.6 cm³/mol. The Labute approximate surface area is 103 Å². The fourth-order valence-electron chi connectivity index (χ4n) is 2.27. The molecule has 0 bridgehead atoms. The summed E-state index contributed by atoms with van der Waals surface area (Å²) in [5, 5.41) is 3.06. The number of hydrogen-bond acceptors (Lipinski definition) is 2. The van der Waals surface area contributed by atoms with Crippen molar-refractivity contribution >= 4 is 5.91 Å². The van der Waals surface area contributed by atoms with Crippen molar-refractivity contribution in [2.24, 2.45) is 0 Å². The van der Waals surface area contributed by atoms with E-state index in [0.717, 1.165) is 26.1 Å². The Morgan fingerprint density at radius 1 is 1.41 bits per heavy atom. The zero-order chi connectivity index (χ0) is 12.1. The lowest BCUT2D eigenvalue weighted by Crippen LogP contribution is -2.36. The largest absolute Gasteiger partial charge is 0.352 e. The van der Waals surface area contributed by atoms with Crippen LogP contribution in [0.15, 0.2) is 30.3 Å². The van der Waals surface area contributed by atoms with Gasteiger partial charge in [0.25, 0.3) is 0 Å². The second-order valence-electron chi connectivity index (χ2n) is 4.63. The van der Waals surface area contributed by atoms with Crippen molar-refractivity contribution in [1.82, 2.24) is 10.2 Å². The molecule has 3 nitrogen and oxygen atoms in total. The van der Waals surface area contributed by atoms with E-state index in [-0.39, 0.29) is 5.91 Å². The molecular weight excluding hydrogens is 212 g/mol. The van der Waals surface area contributed by atoms with Gasteiger partial charge in [-0.3, -0.25) is 9.69 Å². The maximum Gasteiger partial charge on any atom is 0.219 e. The lowest BCUT2D eigenvalue weighted by Gasteiger charge is -2.16. The number of carbonyl (C=O) groups is 1. The van der Waals surface area contributed by atoms with Crippen LogP contribution in [0.3, 0.4) is 0 Å². The van der Waals surface area contributed by atoms with Gasteiger partial charge in [0, 0.05) is 32.1 Å². The quantitative estimate of drug-likeness (QED) is 0.858. The second kappa shape index (κ2) is 5.82. The van der Waals surface area contributed by atoms with E-state index >= 15 is 0 Å². The highest BCUT2D eigenvalue weighted by molar-refractivity contribution is 5.75. The van der Waals surface area contributed by atoms with Crippen molar-refractivity contribution in [3.05, 3.63) is 35.9 Å². The molecule has 1 amide bonds. The van der Waals surface area contributed by atoms with Crippen LogP contribution in [0.5, 0.6) is 0 Å². The van der Waals surface area contributed by atoms with Crippen molar-refractivity contribution in [2.75, 3.05) is 13.1 Å². The first-order valence-corrected chi connectivity index (χ1v) is 6.33. The molecule has 1 aromatic carbocycles. The van der Waals surface area contributed by atoms with Gasteiger partial charge in [-0.05, 0) is 12.0 Å². The van der Waals surface area contributed by atoms with E-state index < -0.39 is 0 Å². The predicted octanol–water partition coefficient (Wildman–Crippen LogP) is 1.79. The number of hydrogen-bond donors (Lipinski definition) is 1. The van der Waals surface area contributed by atoms with Gasteiger partial charge in [-0.1, -0.05) is 37.3 Å². The summed E-state index contributed by atoms with van der Waals surface area (Å²) in [5.74, 6) is 0.163. The number of amides is 1. The van der Waals surface area contributed by atoms with Crippen LogP contribution in [0.2, 0.25) is 0 Å². The molecule has 1 aliphatic rings. The van der Waals surface area contributed by atoms with E-state index in [9.17, 15) is 4.79 Å². The number of carbonyl (C=O) groups excluding carboxylic acids is 1. The lowest BCUT2D eigenvalue weighted by atomic mass is 10.2. The highest BCUT2D eigenvalue weighted by Gasteiger charge is 2.23. The van der Waals surface area contributed by atoms with Crippen molar-refractivity contribution in [2.45, 2.75) is 32.4 Å². The molecule has 1 aromatic rings. The average molecular weight is 232 g/mol. The summed E-state index contributed by atoms with van der Waals surface area (Å²) in [6.07, 6.45) is 1.65. The van der Waals surface area contributed by atoms with Crippen LogP contribution in [0, 0.1) is 0 Å². The Morgan fingerprint density at radius 2 is 2.18 bits per heavy atom. The highest BCUT2D eigenvalue weighted by Crippen LogP contribution is 2.13. The van der Waals surface area contributed by atoms with E-state index in [1.165, 1.54) is 5.56 Å². The van der Waals surface area contributed by atoms with Gasteiger partial charge in [0.15, 0.2) is 0 Å². The van der Waals surface area contributed by atoms with Crippen LogP contribution in [0.25, 0.3) is 0 Å². The SMILES string of the molecule is CCC(=O)N[C@@H]1CCN(Cc2ccccc2)C1. The van der Waals surface area contributed by atoms with Gasteiger partial charge in [0.05, 0.1) is 0 Å². The molecule has 0 aromatic heterocycles. The van der Waals surface area contributed by atoms with Crippen molar-refractivity contribution in [3.63, 3.8) is 0 Å². The molecule has 17 heavy (non-hydrogen) atoms. The summed E-state index contributed by atoms with van der Waals surface area (Å²) in [7, 11) is 0. The van der Waals surface area contributed by atoms with Crippen LogP contribution in [-0.4, -0.2) is 29.9 Å². The van der Waals surface area contributed by atoms with Crippen LogP contribution < -0.4 is 5.32 Å². The molecule has 1 saturated heterocycles. The maximum atomic E-state index is 11.3. The van der Waals surface area contributed by atoms with E-state index in [2.05, 4.69) is 34.5 Å². The van der Waals surface area contributed by atoms with Gasteiger partial charge >= 0.3 is 0 Å². The minimum Gasteiger partial charge on any atom is -0.352 e. The Balaban J connectivity index is 1.80. The fraction of sp³-hybridized carbons (Fsp3) is 0.500. The van der Waals surface area contributed by atoms with Crippen molar-refractivity contribution in [3.8, 4) is 0 Å². The molecule has 1 atom stereocenters. The van der Waals surface area contributed by atoms with Crippen molar-refractivity contribution in [1.29, 1.82) is 0 Å². The average Bonchev–Trinajstić information content (AvgIpc) is 2.77. The number of nitrogens with one attached hydrogen (secondary N) is 1. The lowest BCUT2D eigenvalue weighted by molar-refractivity contribution is -0.121. The zero-order valence-corrected chi connectivity index (χ0v) is 10.4. The van der Waals surface area contributed by atoms with E-state index in [1.54, 1.807) is 0 Å². The van der Waals surface area contributed by atoms with Crippen LogP contribution in [0.1, 0.15) is 25.3 Å². The molecule has 92 valence electrons. The first-order chi connectivity index (χ1) is 8.28. The van der Waals surface area contributed by atoms with E-state index in [0.29, 0.717) is 12.5 Å². The molecule has 0 spiro atoms. The minimum atomic E-state index is 0.163. The Kier molecular flexibility index (Phi) is 4.15. The smallest absolute Gasteiger partial charge is 0.219 e. The van der Waals surface area contributed by atoms with Gasteiger partial charge in [0.1, 0.15) is 0 Å². The van der Waals surface area contributed by atoms with Crippen molar-refractivity contribution < 1.29 is 4.79 Å². The molecule has 1 heterocycles. The summed E-state index contributed by atoms with van der Waals surface area (Å²) in [5.41, 5.74) is 1.34. The van der Waals surface area contributed by atoms with E-state index in [4.69, 9.17) is 0 Å². The number of likely N-dealkylation sites (tertiary alicyclic amines) is 1. The Morgan fingerprint density at radius 3 is 2.88 bits per heavy atom. The first kappa shape index (κ1) is 12.1. The molecule has 0 saturated carbocycles. The van der Waals surface area contributed by atoms with Crippen LogP contribution in [-0.2, 0) is 11.3 Å². The number of rotatable bonds is 4. The van der Waals surface area contributed by atoms with Crippen LogP contribution >= 0.6 is 0 Å². The molecular formula is C14H20N2O. The third-order valence-corrected chi connectivity index (χ3v) is 3.21. The molecule has 3 heteroatoms. The minimum absolute atomic E-state index is 0.163. The van der Waals surface area contributed by atoms with Gasteiger partial charge in [0.2, 0.25) is 5.91 Å². The highest BCUT2D eigenvalue weighted by atomic mass is 16.1. The summed E-state index contributed by atoms with van der Waals surface area (Å²) in [6.45, 7) is 4.93. The molecule has 0 unspecified atom stereocenters. The summed E-state index contributed by atoms with van der Waals surface area (Å²) >= 11 is 0. The summed E-state index contributed by atoms with van der Waals surface area (Å²) in [6, 6.07) is 10.8. The summed E-state index contributed by atoms with van der Waals surface area (Å²) < 4.78 is 0. The first-order valence-electron chi connectivity index (χ1n) is 6.33. The molecule has 2 rings (SSSR count). The molecule has 1 aliphatic heterocycles. The third-order valence-electron chi connectivity index (χ3n) is 3.21. The monoisotopic (exact) mass is 232 g/mol. The normalized spacial score (nSPS) is 20.4. The fourth-order valence-corrected chi connectivity index (χ4v) is 2.27. The molecule has 1 fully saturated rings. The van der Waals surface area contributed by atoms with E-state index in [1.807, 2.05) is 13.0 Å². The van der Waals surface area contributed by atoms with Gasteiger partial charge in [-0.2, -0.15) is 0 Å². The van der Waals surface area contributed by atoms with Gasteiger partial charge in [-0.15, -0.1) is 0 Å². The Bertz CT molecular complexity index is 364.